The molecule has 0 bridgehead atoms. The van der Waals surface area contributed by atoms with Gasteiger partial charge in [0.1, 0.15) is 0 Å². The van der Waals surface area contributed by atoms with Crippen LogP contribution in [-0.2, 0) is 4.79 Å². The summed E-state index contributed by atoms with van der Waals surface area (Å²) in [5.74, 6) is 0.699. The molecule has 4 heteroatoms. The number of carbonyl (C=O) groups is 1. The standard InChI is InChI=1S/C13H24N2O.ClH/c14-10-12-8-5-9-15(12)13(16)11-6-3-1-2-4-7-11;/h11-12H,1-10,14H2;1H. The molecule has 2 N–H and O–H groups in total. The van der Waals surface area contributed by atoms with Crippen molar-refractivity contribution in [2.75, 3.05) is 13.1 Å². The first kappa shape index (κ1) is 14.8. The molecule has 1 aliphatic carbocycles. The van der Waals surface area contributed by atoms with E-state index in [1.807, 2.05) is 0 Å². The van der Waals surface area contributed by atoms with Crippen molar-refractivity contribution in [1.29, 1.82) is 0 Å². The average molecular weight is 261 g/mol. The zero-order chi connectivity index (χ0) is 11.4. The number of hydrogen-bond acceptors (Lipinski definition) is 2. The monoisotopic (exact) mass is 260 g/mol. The molecule has 1 amide bonds. The van der Waals surface area contributed by atoms with Gasteiger partial charge in [-0.25, -0.2) is 0 Å². The summed E-state index contributed by atoms with van der Waals surface area (Å²) in [5.41, 5.74) is 5.73. The van der Waals surface area contributed by atoms with Crippen LogP contribution < -0.4 is 5.73 Å². The maximum Gasteiger partial charge on any atom is 0.225 e. The van der Waals surface area contributed by atoms with E-state index in [0.29, 0.717) is 24.4 Å². The van der Waals surface area contributed by atoms with Crippen LogP contribution in [-0.4, -0.2) is 29.9 Å². The molecule has 1 saturated carbocycles. The van der Waals surface area contributed by atoms with Gasteiger partial charge in [-0.1, -0.05) is 25.7 Å². The molecular formula is C13H25ClN2O. The van der Waals surface area contributed by atoms with E-state index in [0.717, 1.165) is 32.2 Å². The summed E-state index contributed by atoms with van der Waals surface area (Å²) in [6, 6.07) is 0.329. The average Bonchev–Trinajstić information content (AvgIpc) is 2.61. The van der Waals surface area contributed by atoms with Gasteiger partial charge in [0.05, 0.1) is 0 Å². The molecule has 0 radical (unpaired) electrons. The number of likely N-dealkylation sites (tertiary alicyclic amines) is 1. The van der Waals surface area contributed by atoms with Crippen LogP contribution in [0, 0.1) is 5.92 Å². The van der Waals surface area contributed by atoms with Crippen LogP contribution in [0.3, 0.4) is 0 Å². The molecular weight excluding hydrogens is 236 g/mol. The molecule has 0 aromatic heterocycles. The lowest BCUT2D eigenvalue weighted by atomic mass is 9.98. The maximum atomic E-state index is 12.4. The van der Waals surface area contributed by atoms with E-state index in [1.165, 1.54) is 25.7 Å². The van der Waals surface area contributed by atoms with Crippen LogP contribution in [0.15, 0.2) is 0 Å². The molecule has 17 heavy (non-hydrogen) atoms. The van der Waals surface area contributed by atoms with E-state index < -0.39 is 0 Å². The van der Waals surface area contributed by atoms with Gasteiger partial charge in [-0.05, 0) is 25.7 Å². The van der Waals surface area contributed by atoms with Crippen LogP contribution in [0.4, 0.5) is 0 Å². The number of carbonyl (C=O) groups excluding carboxylic acids is 1. The molecule has 1 heterocycles. The Labute approximate surface area is 111 Å². The largest absolute Gasteiger partial charge is 0.338 e. The first-order chi connectivity index (χ1) is 7.83. The normalized spacial score (nSPS) is 26.4. The van der Waals surface area contributed by atoms with Gasteiger partial charge in [0.25, 0.3) is 0 Å². The molecule has 2 fully saturated rings. The summed E-state index contributed by atoms with van der Waals surface area (Å²) in [5, 5.41) is 0. The topological polar surface area (TPSA) is 46.3 Å². The quantitative estimate of drug-likeness (QED) is 0.775. The molecule has 1 saturated heterocycles. The van der Waals surface area contributed by atoms with Crippen molar-refractivity contribution < 1.29 is 4.79 Å². The fourth-order valence-corrected chi connectivity index (χ4v) is 3.13. The van der Waals surface area contributed by atoms with Crippen LogP contribution >= 0.6 is 12.4 Å². The Hall–Kier alpha value is -0.280. The van der Waals surface area contributed by atoms with E-state index in [9.17, 15) is 4.79 Å². The van der Waals surface area contributed by atoms with E-state index >= 15 is 0 Å². The number of nitrogens with zero attached hydrogens (tertiary/aromatic N) is 1. The molecule has 1 aliphatic heterocycles. The van der Waals surface area contributed by atoms with Crippen molar-refractivity contribution in [1.82, 2.24) is 4.90 Å². The second-order valence-corrected chi connectivity index (χ2v) is 5.25. The summed E-state index contributed by atoms with van der Waals surface area (Å²) >= 11 is 0. The van der Waals surface area contributed by atoms with Gasteiger partial charge in [-0.2, -0.15) is 0 Å². The van der Waals surface area contributed by atoms with Gasteiger partial charge in [-0.15, -0.1) is 12.4 Å². The summed E-state index contributed by atoms with van der Waals surface area (Å²) in [7, 11) is 0. The molecule has 2 aliphatic rings. The lowest BCUT2D eigenvalue weighted by Gasteiger charge is -2.27. The zero-order valence-corrected chi connectivity index (χ0v) is 11.4. The molecule has 0 aromatic rings. The number of hydrogen-bond donors (Lipinski definition) is 1. The maximum absolute atomic E-state index is 12.4. The Kier molecular flexibility index (Phi) is 6.28. The molecule has 100 valence electrons. The highest BCUT2D eigenvalue weighted by molar-refractivity contribution is 5.85. The van der Waals surface area contributed by atoms with Crippen LogP contribution in [0.1, 0.15) is 51.4 Å². The molecule has 3 nitrogen and oxygen atoms in total. The summed E-state index contributed by atoms with van der Waals surface area (Å²) in [4.78, 5) is 14.5. The Morgan fingerprint density at radius 2 is 1.71 bits per heavy atom. The summed E-state index contributed by atoms with van der Waals surface area (Å²) in [6.45, 7) is 1.58. The van der Waals surface area contributed by atoms with Gasteiger partial charge < -0.3 is 10.6 Å². The highest BCUT2D eigenvalue weighted by Crippen LogP contribution is 2.27. The summed E-state index contributed by atoms with van der Waals surface area (Å²) in [6.07, 6.45) is 9.54. The fourth-order valence-electron chi connectivity index (χ4n) is 3.13. The van der Waals surface area contributed by atoms with Crippen molar-refractivity contribution in [3.05, 3.63) is 0 Å². The number of halogens is 1. The van der Waals surface area contributed by atoms with Crippen molar-refractivity contribution in [2.45, 2.75) is 57.4 Å². The first-order valence-corrected chi connectivity index (χ1v) is 6.83. The number of amides is 1. The van der Waals surface area contributed by atoms with Gasteiger partial charge in [0.15, 0.2) is 0 Å². The lowest BCUT2D eigenvalue weighted by Crippen LogP contribution is -2.43. The predicted molar refractivity (Wildman–Crippen MR) is 72.2 cm³/mol. The molecule has 1 atom stereocenters. The van der Waals surface area contributed by atoms with Gasteiger partial charge in [0.2, 0.25) is 5.91 Å². The minimum absolute atomic E-state index is 0. The molecule has 0 aromatic carbocycles. The van der Waals surface area contributed by atoms with Crippen molar-refractivity contribution in [2.24, 2.45) is 11.7 Å². The zero-order valence-electron chi connectivity index (χ0n) is 10.6. The van der Waals surface area contributed by atoms with Gasteiger partial charge in [0, 0.05) is 25.0 Å². The van der Waals surface area contributed by atoms with Crippen LogP contribution in [0.25, 0.3) is 0 Å². The van der Waals surface area contributed by atoms with E-state index in [1.54, 1.807) is 0 Å². The highest BCUT2D eigenvalue weighted by Gasteiger charge is 2.32. The second-order valence-electron chi connectivity index (χ2n) is 5.25. The van der Waals surface area contributed by atoms with E-state index in [2.05, 4.69) is 4.90 Å². The van der Waals surface area contributed by atoms with E-state index in [-0.39, 0.29) is 12.4 Å². The minimum Gasteiger partial charge on any atom is -0.338 e. The molecule has 0 spiro atoms. The Balaban J connectivity index is 0.00000144. The lowest BCUT2D eigenvalue weighted by molar-refractivity contribution is -0.136. The van der Waals surface area contributed by atoms with Crippen molar-refractivity contribution in [3.8, 4) is 0 Å². The fraction of sp³-hybridized carbons (Fsp3) is 0.923. The third kappa shape index (κ3) is 3.59. The predicted octanol–water partition coefficient (Wildman–Crippen LogP) is 2.33. The van der Waals surface area contributed by atoms with E-state index in [4.69, 9.17) is 5.73 Å². The Morgan fingerprint density at radius 1 is 1.06 bits per heavy atom. The third-order valence-corrected chi connectivity index (χ3v) is 4.14. The second kappa shape index (κ2) is 7.22. The van der Waals surface area contributed by atoms with Crippen LogP contribution in [0.5, 0.6) is 0 Å². The Bertz CT molecular complexity index is 240. The van der Waals surface area contributed by atoms with Gasteiger partial charge in [-0.3, -0.25) is 4.79 Å². The third-order valence-electron chi connectivity index (χ3n) is 4.14. The SMILES string of the molecule is Cl.NCC1CCCN1C(=O)C1CCCCCC1. The first-order valence-electron chi connectivity index (χ1n) is 6.83. The smallest absolute Gasteiger partial charge is 0.225 e. The Morgan fingerprint density at radius 3 is 2.29 bits per heavy atom. The minimum atomic E-state index is 0. The number of rotatable bonds is 2. The molecule has 2 rings (SSSR count). The van der Waals surface area contributed by atoms with Crippen molar-refractivity contribution >= 4 is 18.3 Å². The van der Waals surface area contributed by atoms with Crippen molar-refractivity contribution in [3.63, 3.8) is 0 Å². The van der Waals surface area contributed by atoms with Crippen LogP contribution in [0.2, 0.25) is 0 Å². The van der Waals surface area contributed by atoms with Gasteiger partial charge >= 0.3 is 0 Å². The molecule has 1 unspecified atom stereocenters. The number of nitrogens with two attached hydrogens (primary N) is 1. The highest BCUT2D eigenvalue weighted by atomic mass is 35.5. The summed E-state index contributed by atoms with van der Waals surface area (Å²) < 4.78 is 0.